The lowest BCUT2D eigenvalue weighted by Crippen LogP contribution is -2.40. The van der Waals surface area contributed by atoms with Crippen molar-refractivity contribution >= 4 is 28.7 Å². The van der Waals surface area contributed by atoms with Crippen molar-refractivity contribution in [3.63, 3.8) is 0 Å². The fourth-order valence-electron chi connectivity index (χ4n) is 2.73. The molecule has 0 bridgehead atoms. The van der Waals surface area contributed by atoms with Crippen molar-refractivity contribution in [1.29, 1.82) is 0 Å². The van der Waals surface area contributed by atoms with E-state index in [9.17, 15) is 9.90 Å². The monoisotopic (exact) mass is 393 g/mol. The number of carbonyl (C=O) groups is 1. The van der Waals surface area contributed by atoms with E-state index in [2.05, 4.69) is 32.0 Å². The van der Waals surface area contributed by atoms with Gasteiger partial charge in [-0.25, -0.2) is 0 Å². The second-order valence-electron chi connectivity index (χ2n) is 7.39. The number of nitrogens with two attached hydrogens (primary N) is 1. The van der Waals surface area contributed by atoms with E-state index in [0.717, 1.165) is 17.7 Å². The average Bonchev–Trinajstić information content (AvgIpc) is 2.97. The number of hydrogen-bond acceptors (Lipinski definition) is 4. The lowest BCUT2D eigenvalue weighted by Gasteiger charge is -2.20. The molecule has 0 saturated carbocycles. The zero-order chi connectivity index (χ0) is 19.3. The molecule has 0 unspecified atom stereocenters. The number of thiophene rings is 1. The smallest absolute Gasteiger partial charge is 0.172 e. The molecule has 2 rings (SSSR count). The molecule has 1 aromatic carbocycles. The van der Waals surface area contributed by atoms with Crippen LogP contribution in [0.3, 0.4) is 0 Å². The molecular weight excluding hydrogens is 366 g/mol. The van der Waals surface area contributed by atoms with Gasteiger partial charge in [-0.15, -0.1) is 11.3 Å². The lowest BCUT2D eigenvalue weighted by molar-refractivity contribution is 0.0984. The van der Waals surface area contributed by atoms with Crippen molar-refractivity contribution in [2.45, 2.75) is 58.4 Å². The molecule has 5 heteroatoms. The Kier molecular flexibility index (Phi) is 7.42. The molecule has 142 valence electrons. The van der Waals surface area contributed by atoms with E-state index in [1.807, 2.05) is 6.92 Å². The highest BCUT2D eigenvalue weighted by molar-refractivity contribution is 7.14. The maximum atomic E-state index is 12.5. The largest absolute Gasteiger partial charge is 0.394 e. The molecule has 1 heterocycles. The van der Waals surface area contributed by atoms with Gasteiger partial charge in [0, 0.05) is 16.8 Å². The summed E-state index contributed by atoms with van der Waals surface area (Å²) in [6.45, 7) is 5.96. The SMILES string of the molecule is Cc1ccc(CCCC(=O)c2cc(Cl)c(CC[C@@](C)(N)CO)s2)cc1C. The Hall–Kier alpha value is -1.20. The molecule has 3 N–H and O–H groups in total. The van der Waals surface area contributed by atoms with Crippen LogP contribution in [0.15, 0.2) is 24.3 Å². The number of Topliss-reactive ketones (excluding diaryl/α,β-unsaturated/α-hetero) is 1. The molecule has 0 aliphatic heterocycles. The van der Waals surface area contributed by atoms with Crippen molar-refractivity contribution in [3.8, 4) is 0 Å². The van der Waals surface area contributed by atoms with E-state index in [0.29, 0.717) is 29.2 Å². The first kappa shape index (κ1) is 21.1. The summed E-state index contributed by atoms with van der Waals surface area (Å²) in [5.41, 5.74) is 9.20. The first-order valence-electron chi connectivity index (χ1n) is 8.99. The van der Waals surface area contributed by atoms with Crippen LogP contribution in [0.1, 0.15) is 57.4 Å². The minimum absolute atomic E-state index is 0.0692. The van der Waals surface area contributed by atoms with Crippen molar-refractivity contribution in [2.75, 3.05) is 6.61 Å². The number of aliphatic hydroxyl groups is 1. The van der Waals surface area contributed by atoms with Crippen LogP contribution in [0.4, 0.5) is 0 Å². The molecule has 0 saturated heterocycles. The molecule has 0 fully saturated rings. The number of halogens is 1. The summed E-state index contributed by atoms with van der Waals surface area (Å²) in [7, 11) is 0. The van der Waals surface area contributed by atoms with Gasteiger partial charge in [0.25, 0.3) is 0 Å². The van der Waals surface area contributed by atoms with E-state index < -0.39 is 5.54 Å². The Labute approximate surface area is 165 Å². The summed E-state index contributed by atoms with van der Waals surface area (Å²) in [6, 6.07) is 8.24. The van der Waals surface area contributed by atoms with E-state index in [-0.39, 0.29) is 12.4 Å². The molecule has 3 nitrogen and oxygen atoms in total. The maximum absolute atomic E-state index is 12.5. The van der Waals surface area contributed by atoms with Gasteiger partial charge in [0.2, 0.25) is 0 Å². The summed E-state index contributed by atoms with van der Waals surface area (Å²) in [4.78, 5) is 14.1. The Morgan fingerprint density at radius 1 is 1.23 bits per heavy atom. The van der Waals surface area contributed by atoms with Gasteiger partial charge < -0.3 is 10.8 Å². The fraction of sp³-hybridized carbons (Fsp3) is 0.476. The Morgan fingerprint density at radius 3 is 2.62 bits per heavy atom. The van der Waals surface area contributed by atoms with Gasteiger partial charge in [0.1, 0.15) is 0 Å². The highest BCUT2D eigenvalue weighted by atomic mass is 35.5. The first-order chi connectivity index (χ1) is 12.2. The number of carbonyl (C=O) groups excluding carboxylic acids is 1. The molecular formula is C21H28ClNO2S. The third kappa shape index (κ3) is 5.92. The van der Waals surface area contributed by atoms with Gasteiger partial charge in [-0.2, -0.15) is 0 Å². The maximum Gasteiger partial charge on any atom is 0.172 e. The Morgan fingerprint density at radius 2 is 1.96 bits per heavy atom. The van der Waals surface area contributed by atoms with Gasteiger partial charge in [-0.3, -0.25) is 4.79 Å². The quantitative estimate of drug-likeness (QED) is 0.597. The first-order valence-corrected chi connectivity index (χ1v) is 10.2. The normalized spacial score (nSPS) is 13.6. The summed E-state index contributed by atoms with van der Waals surface area (Å²) < 4.78 is 0. The average molecular weight is 394 g/mol. The van der Waals surface area contributed by atoms with Gasteiger partial charge in [0.05, 0.1) is 16.5 Å². The lowest BCUT2D eigenvalue weighted by atomic mass is 9.98. The molecule has 0 amide bonds. The standard InChI is InChI=1S/C21H28ClNO2S/c1-14-7-8-16(11-15(14)2)5-4-6-18(25)20-12-17(22)19(26-20)9-10-21(3,23)13-24/h7-8,11-12,24H,4-6,9-10,13,23H2,1-3H3/t21-/m1/s1. The van der Waals surface area contributed by atoms with Gasteiger partial charge in [-0.05, 0) is 69.2 Å². The van der Waals surface area contributed by atoms with Crippen LogP contribution in [0, 0.1) is 13.8 Å². The second kappa shape index (κ2) is 9.14. The number of aryl methyl sites for hydroxylation is 4. The van der Waals surface area contributed by atoms with E-state index >= 15 is 0 Å². The summed E-state index contributed by atoms with van der Waals surface area (Å²) >= 11 is 7.73. The number of hydrogen-bond donors (Lipinski definition) is 2. The summed E-state index contributed by atoms with van der Waals surface area (Å²) in [5, 5.41) is 9.88. The van der Waals surface area contributed by atoms with Gasteiger partial charge >= 0.3 is 0 Å². The second-order valence-corrected chi connectivity index (χ2v) is 8.93. The minimum atomic E-state index is -0.621. The topological polar surface area (TPSA) is 63.3 Å². The van der Waals surface area contributed by atoms with Crippen LogP contribution in [0.5, 0.6) is 0 Å². The highest BCUT2D eigenvalue weighted by Gasteiger charge is 2.19. The molecule has 0 aliphatic rings. The number of rotatable bonds is 9. The molecule has 0 aliphatic carbocycles. The van der Waals surface area contributed by atoms with Crippen LogP contribution in [0.25, 0.3) is 0 Å². The van der Waals surface area contributed by atoms with Crippen molar-refractivity contribution < 1.29 is 9.90 Å². The van der Waals surface area contributed by atoms with Crippen LogP contribution in [-0.4, -0.2) is 23.0 Å². The van der Waals surface area contributed by atoms with E-state index in [1.165, 1.54) is 28.0 Å². The Balaban J connectivity index is 1.89. The van der Waals surface area contributed by atoms with Crippen LogP contribution >= 0.6 is 22.9 Å². The van der Waals surface area contributed by atoms with Gasteiger partial charge in [0.15, 0.2) is 5.78 Å². The molecule has 26 heavy (non-hydrogen) atoms. The predicted molar refractivity (Wildman–Crippen MR) is 111 cm³/mol. The zero-order valence-corrected chi connectivity index (χ0v) is 17.3. The van der Waals surface area contributed by atoms with Crippen LogP contribution in [-0.2, 0) is 12.8 Å². The molecule has 2 aromatic rings. The summed E-state index contributed by atoms with van der Waals surface area (Å²) in [5.74, 6) is 0.143. The van der Waals surface area contributed by atoms with E-state index in [1.54, 1.807) is 6.07 Å². The van der Waals surface area contributed by atoms with Crippen LogP contribution < -0.4 is 5.73 Å². The molecule has 1 atom stereocenters. The van der Waals surface area contributed by atoms with Crippen molar-refractivity contribution in [1.82, 2.24) is 0 Å². The molecule has 0 radical (unpaired) electrons. The third-order valence-electron chi connectivity index (χ3n) is 4.76. The number of ketones is 1. The van der Waals surface area contributed by atoms with Crippen molar-refractivity contribution in [2.24, 2.45) is 5.73 Å². The highest BCUT2D eigenvalue weighted by Crippen LogP contribution is 2.30. The van der Waals surface area contributed by atoms with E-state index in [4.69, 9.17) is 17.3 Å². The minimum Gasteiger partial charge on any atom is -0.394 e. The van der Waals surface area contributed by atoms with Gasteiger partial charge in [-0.1, -0.05) is 29.8 Å². The number of aliphatic hydroxyl groups excluding tert-OH is 1. The zero-order valence-electron chi connectivity index (χ0n) is 15.8. The third-order valence-corrected chi connectivity index (χ3v) is 6.44. The van der Waals surface area contributed by atoms with Crippen LogP contribution in [0.2, 0.25) is 5.02 Å². The summed E-state index contributed by atoms with van der Waals surface area (Å²) in [6.07, 6.45) is 3.56. The molecule has 0 spiro atoms. The number of benzene rings is 1. The molecule has 1 aromatic heterocycles. The fourth-order valence-corrected chi connectivity index (χ4v) is 4.13. The predicted octanol–water partition coefficient (Wildman–Crippen LogP) is 4.87. The Bertz CT molecular complexity index is 767. The van der Waals surface area contributed by atoms with Crippen molar-refractivity contribution in [3.05, 3.63) is 55.7 Å².